The molecule has 1 atom stereocenters. The summed E-state index contributed by atoms with van der Waals surface area (Å²) in [6.45, 7) is 1.77. The number of nitrogens with one attached hydrogen (secondary N) is 1. The van der Waals surface area contributed by atoms with Crippen molar-refractivity contribution in [3.63, 3.8) is 0 Å². The second-order valence-corrected chi connectivity index (χ2v) is 4.62. The zero-order valence-electron chi connectivity index (χ0n) is 10.4. The highest BCUT2D eigenvalue weighted by atomic mass is 35.5. The van der Waals surface area contributed by atoms with Gasteiger partial charge in [-0.2, -0.15) is 13.2 Å². The van der Waals surface area contributed by atoms with Gasteiger partial charge >= 0.3 is 6.18 Å². The van der Waals surface area contributed by atoms with Gasteiger partial charge in [-0.25, -0.2) is 4.98 Å². The molecule has 1 aromatic heterocycles. The smallest absolute Gasteiger partial charge is 0.388 e. The molecule has 1 rings (SSSR count). The van der Waals surface area contributed by atoms with Crippen LogP contribution in [0.2, 0.25) is 5.02 Å². The van der Waals surface area contributed by atoms with Crippen molar-refractivity contribution in [2.24, 2.45) is 5.73 Å². The van der Waals surface area contributed by atoms with Crippen LogP contribution in [0.4, 0.5) is 19.0 Å². The van der Waals surface area contributed by atoms with E-state index in [1.807, 2.05) is 0 Å². The Morgan fingerprint density at radius 3 is 2.58 bits per heavy atom. The molecule has 0 fully saturated rings. The summed E-state index contributed by atoms with van der Waals surface area (Å²) >= 11 is 5.82. The van der Waals surface area contributed by atoms with Crippen molar-refractivity contribution < 1.29 is 13.2 Å². The third kappa shape index (κ3) is 3.99. The number of hydrogen-bond donors (Lipinski definition) is 2. The van der Waals surface area contributed by atoms with Crippen molar-refractivity contribution in [1.82, 2.24) is 4.98 Å². The summed E-state index contributed by atoms with van der Waals surface area (Å²) in [7, 11) is 1.63. The van der Waals surface area contributed by atoms with Gasteiger partial charge in [0.15, 0.2) is 0 Å². The van der Waals surface area contributed by atoms with Crippen LogP contribution in [0.25, 0.3) is 0 Å². The van der Waals surface area contributed by atoms with Gasteiger partial charge in [0.05, 0.1) is 16.4 Å². The maximum Gasteiger partial charge on any atom is 0.417 e. The van der Waals surface area contributed by atoms with Crippen molar-refractivity contribution in [3.8, 4) is 0 Å². The minimum atomic E-state index is -4.47. The largest absolute Gasteiger partial charge is 0.417 e. The van der Waals surface area contributed by atoms with E-state index in [0.29, 0.717) is 0 Å². The fraction of sp³-hybridized carbons (Fsp3) is 0.455. The first-order valence-electron chi connectivity index (χ1n) is 5.41. The average Bonchev–Trinajstić information content (AvgIpc) is 2.25. The van der Waals surface area contributed by atoms with Crippen LogP contribution in [0, 0.1) is 5.41 Å². The molecule has 0 bridgehead atoms. The van der Waals surface area contributed by atoms with Crippen molar-refractivity contribution in [3.05, 3.63) is 22.8 Å². The molecule has 0 saturated heterocycles. The van der Waals surface area contributed by atoms with Crippen LogP contribution >= 0.6 is 11.6 Å². The molecule has 0 aliphatic rings. The molecule has 1 aromatic rings. The summed E-state index contributed by atoms with van der Waals surface area (Å²) in [5.41, 5.74) is 4.39. The Balaban J connectivity index is 2.99. The van der Waals surface area contributed by atoms with Crippen LogP contribution in [0.15, 0.2) is 12.3 Å². The molecule has 0 aliphatic heterocycles. The van der Waals surface area contributed by atoms with E-state index in [2.05, 4.69) is 4.98 Å². The highest BCUT2D eigenvalue weighted by Gasteiger charge is 2.32. The third-order valence-corrected chi connectivity index (χ3v) is 2.94. The number of rotatable bonds is 4. The van der Waals surface area contributed by atoms with Gasteiger partial charge in [-0.05, 0) is 13.0 Å². The van der Waals surface area contributed by atoms with Crippen LogP contribution in [0.5, 0.6) is 0 Å². The molecule has 4 nitrogen and oxygen atoms in total. The number of halogens is 4. The van der Waals surface area contributed by atoms with Crippen LogP contribution in [-0.4, -0.2) is 23.9 Å². The van der Waals surface area contributed by atoms with E-state index in [0.717, 1.165) is 12.3 Å². The molecule has 0 amide bonds. The monoisotopic (exact) mass is 294 g/mol. The molecule has 1 unspecified atom stereocenters. The Hall–Kier alpha value is -1.50. The predicted octanol–water partition coefficient (Wildman–Crippen LogP) is 2.90. The molecule has 0 saturated carbocycles. The van der Waals surface area contributed by atoms with Gasteiger partial charge in [-0.1, -0.05) is 11.6 Å². The molecular weight excluding hydrogens is 281 g/mol. The van der Waals surface area contributed by atoms with Crippen molar-refractivity contribution >= 4 is 23.3 Å². The quantitative estimate of drug-likeness (QED) is 0.663. The standard InChI is InChI=1S/C11H14ClF3N4/c1-6(3-9(16)17)19(2)10-8(12)4-7(5-18-10)11(13,14)15/h4-6H,3H2,1-2H3,(H3,16,17). The SMILES string of the molecule is CC(CC(=N)N)N(C)c1ncc(C(F)(F)F)cc1Cl. The van der Waals surface area contributed by atoms with E-state index in [4.69, 9.17) is 22.7 Å². The highest BCUT2D eigenvalue weighted by Crippen LogP contribution is 2.33. The maximum atomic E-state index is 12.5. The summed E-state index contributed by atoms with van der Waals surface area (Å²) in [6, 6.07) is 0.639. The lowest BCUT2D eigenvalue weighted by Crippen LogP contribution is -2.33. The summed E-state index contributed by atoms with van der Waals surface area (Å²) in [5, 5.41) is 7.11. The number of aromatic nitrogens is 1. The lowest BCUT2D eigenvalue weighted by atomic mass is 10.2. The second-order valence-electron chi connectivity index (χ2n) is 4.22. The van der Waals surface area contributed by atoms with Gasteiger partial charge in [0.1, 0.15) is 5.82 Å². The Morgan fingerprint density at radius 1 is 1.58 bits per heavy atom. The summed E-state index contributed by atoms with van der Waals surface area (Å²) < 4.78 is 37.4. The van der Waals surface area contributed by atoms with Gasteiger partial charge in [-0.15, -0.1) is 0 Å². The first kappa shape index (κ1) is 15.6. The molecule has 1 heterocycles. The van der Waals surface area contributed by atoms with E-state index in [-0.39, 0.29) is 29.1 Å². The minimum absolute atomic E-state index is 0.0117. The molecule has 106 valence electrons. The number of nitrogens with zero attached hydrogens (tertiary/aromatic N) is 2. The van der Waals surface area contributed by atoms with Gasteiger partial charge < -0.3 is 10.6 Å². The lowest BCUT2D eigenvalue weighted by Gasteiger charge is -2.26. The van der Waals surface area contributed by atoms with Gasteiger partial charge in [0.25, 0.3) is 0 Å². The Labute approximate surface area is 113 Å². The van der Waals surface area contributed by atoms with Crippen molar-refractivity contribution in [2.75, 3.05) is 11.9 Å². The number of amidine groups is 1. The normalized spacial score (nSPS) is 13.2. The highest BCUT2D eigenvalue weighted by molar-refractivity contribution is 6.33. The van der Waals surface area contributed by atoms with E-state index in [1.54, 1.807) is 18.9 Å². The first-order chi connectivity index (χ1) is 8.62. The van der Waals surface area contributed by atoms with E-state index in [9.17, 15) is 13.2 Å². The molecule has 3 N–H and O–H groups in total. The van der Waals surface area contributed by atoms with Gasteiger partial charge in [0.2, 0.25) is 0 Å². The summed E-state index contributed by atoms with van der Waals surface area (Å²) in [5.74, 6) is 0.214. The Morgan fingerprint density at radius 2 is 2.16 bits per heavy atom. The lowest BCUT2D eigenvalue weighted by molar-refractivity contribution is -0.137. The zero-order valence-corrected chi connectivity index (χ0v) is 11.2. The topological polar surface area (TPSA) is 66.0 Å². The van der Waals surface area contributed by atoms with Crippen LogP contribution in [0.1, 0.15) is 18.9 Å². The first-order valence-corrected chi connectivity index (χ1v) is 5.79. The van der Waals surface area contributed by atoms with E-state index < -0.39 is 11.7 Å². The molecular formula is C11H14ClF3N4. The fourth-order valence-electron chi connectivity index (χ4n) is 1.51. The fourth-order valence-corrected chi connectivity index (χ4v) is 1.81. The zero-order chi connectivity index (χ0) is 14.8. The maximum absolute atomic E-state index is 12.5. The van der Waals surface area contributed by atoms with Crippen molar-refractivity contribution in [1.29, 1.82) is 5.41 Å². The van der Waals surface area contributed by atoms with E-state index >= 15 is 0 Å². The van der Waals surface area contributed by atoms with Gasteiger partial charge in [0, 0.05) is 25.7 Å². The third-order valence-electron chi connectivity index (χ3n) is 2.66. The Kier molecular flexibility index (Phi) is 4.62. The van der Waals surface area contributed by atoms with Crippen LogP contribution < -0.4 is 10.6 Å². The summed E-state index contributed by atoms with van der Waals surface area (Å²) in [4.78, 5) is 5.32. The number of pyridine rings is 1. The van der Waals surface area contributed by atoms with E-state index in [1.165, 1.54) is 0 Å². The molecule has 0 spiro atoms. The Bertz CT molecular complexity index is 475. The summed E-state index contributed by atoms with van der Waals surface area (Å²) in [6.07, 6.45) is -3.47. The molecule has 19 heavy (non-hydrogen) atoms. The van der Waals surface area contributed by atoms with Crippen LogP contribution in [0.3, 0.4) is 0 Å². The predicted molar refractivity (Wildman–Crippen MR) is 68.6 cm³/mol. The molecule has 0 aliphatic carbocycles. The number of hydrogen-bond acceptors (Lipinski definition) is 3. The molecule has 0 aromatic carbocycles. The van der Waals surface area contributed by atoms with Gasteiger partial charge in [-0.3, -0.25) is 5.41 Å². The molecule has 8 heteroatoms. The number of anilines is 1. The number of nitrogens with two attached hydrogens (primary N) is 1. The minimum Gasteiger partial charge on any atom is -0.388 e. The number of alkyl halides is 3. The van der Waals surface area contributed by atoms with Crippen LogP contribution in [-0.2, 0) is 6.18 Å². The second kappa shape index (κ2) is 5.64. The molecule has 0 radical (unpaired) electrons. The van der Waals surface area contributed by atoms with Crippen molar-refractivity contribution in [2.45, 2.75) is 25.6 Å². The average molecular weight is 295 g/mol.